The molecule has 2 aromatic carbocycles. The Morgan fingerprint density at radius 2 is 1.43 bits per heavy atom. The van der Waals surface area contributed by atoms with Gasteiger partial charge in [-0.2, -0.15) is 0 Å². The van der Waals surface area contributed by atoms with Crippen LogP contribution in [0.4, 0.5) is 5.69 Å². The van der Waals surface area contributed by atoms with E-state index < -0.39 is 11.9 Å². The quantitative estimate of drug-likeness (QED) is 0.118. The second-order valence-corrected chi connectivity index (χ2v) is 8.60. The molecule has 0 aromatic heterocycles. The van der Waals surface area contributed by atoms with Crippen molar-refractivity contribution in [3.63, 3.8) is 0 Å². The van der Waals surface area contributed by atoms with Crippen LogP contribution in [0.5, 0.6) is 5.75 Å². The number of anilines is 1. The molecule has 0 bridgehead atoms. The Morgan fingerprint density at radius 1 is 0.784 bits per heavy atom. The highest BCUT2D eigenvalue weighted by Gasteiger charge is 2.19. The number of nitrogens with one attached hydrogen (secondary N) is 1. The third-order valence-corrected chi connectivity index (χ3v) is 5.65. The number of carbonyl (C=O) groups excluding carboxylic acids is 3. The predicted octanol–water partition coefficient (Wildman–Crippen LogP) is 6.62. The molecule has 200 valence electrons. The van der Waals surface area contributed by atoms with Crippen molar-refractivity contribution in [3.8, 4) is 5.75 Å². The van der Waals surface area contributed by atoms with E-state index in [-0.39, 0.29) is 30.6 Å². The molecule has 2 rings (SSSR count). The predicted molar refractivity (Wildman–Crippen MR) is 145 cm³/mol. The lowest BCUT2D eigenvalue weighted by atomic mass is 10.0. The molecule has 2 aromatic rings. The van der Waals surface area contributed by atoms with E-state index in [1.807, 2.05) is 12.1 Å². The van der Waals surface area contributed by atoms with Crippen molar-refractivity contribution < 1.29 is 28.6 Å². The molecule has 0 spiro atoms. The van der Waals surface area contributed by atoms with Gasteiger partial charge in [-0.1, -0.05) is 69.7 Å². The fourth-order valence-electron chi connectivity index (χ4n) is 3.70. The maximum Gasteiger partial charge on any atom is 0.374 e. The highest BCUT2D eigenvalue weighted by atomic mass is 16.6. The van der Waals surface area contributed by atoms with Gasteiger partial charge in [0.05, 0.1) is 25.0 Å². The van der Waals surface area contributed by atoms with Crippen molar-refractivity contribution in [1.29, 1.82) is 0 Å². The van der Waals surface area contributed by atoms with Gasteiger partial charge < -0.3 is 19.5 Å². The number of rotatable bonds is 16. The van der Waals surface area contributed by atoms with E-state index in [1.54, 1.807) is 50.2 Å². The van der Waals surface area contributed by atoms with Gasteiger partial charge in [0.1, 0.15) is 0 Å². The summed E-state index contributed by atoms with van der Waals surface area (Å²) in [6, 6.07) is 14.2. The smallest absolute Gasteiger partial charge is 0.374 e. The SMILES string of the molecule is CCCCCCCCCc1ccc(C(=O)Nc2ccccc2O/C(=C\C(=O)OCC)C(=O)OCC)cc1. The first-order chi connectivity index (χ1) is 18.0. The lowest BCUT2D eigenvalue weighted by molar-refractivity contribution is -0.143. The van der Waals surface area contributed by atoms with Crippen LogP contribution >= 0.6 is 0 Å². The fourth-order valence-corrected chi connectivity index (χ4v) is 3.70. The number of amides is 1. The minimum Gasteiger partial charge on any atom is -0.463 e. The highest BCUT2D eigenvalue weighted by molar-refractivity contribution is 6.05. The van der Waals surface area contributed by atoms with E-state index >= 15 is 0 Å². The van der Waals surface area contributed by atoms with Crippen LogP contribution in [0, 0.1) is 0 Å². The molecule has 1 amide bonds. The molecular weight excluding hydrogens is 470 g/mol. The first-order valence-electron chi connectivity index (χ1n) is 13.2. The van der Waals surface area contributed by atoms with Crippen molar-refractivity contribution in [1.82, 2.24) is 0 Å². The molecule has 1 N–H and O–H groups in total. The van der Waals surface area contributed by atoms with E-state index in [0.717, 1.165) is 18.9 Å². The lowest BCUT2D eigenvalue weighted by Crippen LogP contribution is -2.17. The minimum atomic E-state index is -0.812. The largest absolute Gasteiger partial charge is 0.463 e. The van der Waals surface area contributed by atoms with E-state index in [9.17, 15) is 14.4 Å². The van der Waals surface area contributed by atoms with Gasteiger partial charge in [-0.15, -0.1) is 0 Å². The first-order valence-corrected chi connectivity index (χ1v) is 13.2. The Hall–Kier alpha value is -3.61. The van der Waals surface area contributed by atoms with Crippen LogP contribution in [0.25, 0.3) is 0 Å². The third-order valence-electron chi connectivity index (χ3n) is 5.65. The van der Waals surface area contributed by atoms with E-state index in [0.29, 0.717) is 11.3 Å². The maximum atomic E-state index is 12.9. The summed E-state index contributed by atoms with van der Waals surface area (Å²) in [6.07, 6.45) is 10.8. The van der Waals surface area contributed by atoms with Gasteiger partial charge in [-0.25, -0.2) is 9.59 Å². The van der Waals surface area contributed by atoms with Gasteiger partial charge in [0.15, 0.2) is 5.75 Å². The third kappa shape index (κ3) is 10.9. The zero-order chi connectivity index (χ0) is 26.9. The fraction of sp³-hybridized carbons (Fsp3) is 0.433. The number of unbranched alkanes of at least 4 members (excludes halogenated alkanes) is 6. The molecule has 0 unspecified atom stereocenters. The summed E-state index contributed by atoms with van der Waals surface area (Å²) in [5.41, 5.74) is 2.06. The van der Waals surface area contributed by atoms with Crippen LogP contribution < -0.4 is 10.1 Å². The summed E-state index contributed by atoms with van der Waals surface area (Å²) in [5, 5.41) is 2.82. The van der Waals surface area contributed by atoms with Crippen LogP contribution in [-0.4, -0.2) is 31.1 Å². The average Bonchev–Trinajstić information content (AvgIpc) is 2.89. The normalized spacial score (nSPS) is 11.1. The highest BCUT2D eigenvalue weighted by Crippen LogP contribution is 2.27. The first kappa shape index (κ1) is 29.6. The van der Waals surface area contributed by atoms with Gasteiger partial charge in [0.25, 0.3) is 5.91 Å². The van der Waals surface area contributed by atoms with E-state index in [2.05, 4.69) is 12.2 Å². The molecule has 0 aliphatic carbocycles. The number of aryl methyl sites for hydroxylation is 1. The number of para-hydroxylation sites is 2. The monoisotopic (exact) mass is 509 g/mol. The van der Waals surface area contributed by atoms with Crippen LogP contribution in [0.1, 0.15) is 81.6 Å². The molecule has 0 heterocycles. The number of hydrogen-bond acceptors (Lipinski definition) is 6. The minimum absolute atomic E-state index is 0.107. The Balaban J connectivity index is 2.01. The Labute approximate surface area is 220 Å². The summed E-state index contributed by atoms with van der Waals surface area (Å²) in [6.45, 7) is 5.79. The van der Waals surface area contributed by atoms with Crippen molar-refractivity contribution in [2.75, 3.05) is 18.5 Å². The summed E-state index contributed by atoms with van der Waals surface area (Å²) in [4.78, 5) is 37.1. The zero-order valence-corrected chi connectivity index (χ0v) is 22.2. The van der Waals surface area contributed by atoms with Crippen molar-refractivity contribution >= 4 is 23.5 Å². The summed E-state index contributed by atoms with van der Waals surface area (Å²) >= 11 is 0. The van der Waals surface area contributed by atoms with Gasteiger partial charge in [0.2, 0.25) is 5.76 Å². The molecule has 0 radical (unpaired) electrons. The van der Waals surface area contributed by atoms with Crippen LogP contribution in [0.2, 0.25) is 0 Å². The van der Waals surface area contributed by atoms with E-state index in [1.165, 1.54) is 44.1 Å². The Morgan fingerprint density at radius 3 is 2.11 bits per heavy atom. The van der Waals surface area contributed by atoms with Crippen molar-refractivity contribution in [2.45, 2.75) is 72.1 Å². The van der Waals surface area contributed by atoms with Gasteiger partial charge in [-0.05, 0) is 56.5 Å². The molecular formula is C30H39NO6. The molecule has 37 heavy (non-hydrogen) atoms. The molecule has 0 aliphatic rings. The maximum absolute atomic E-state index is 12.9. The Kier molecular flexibility index (Phi) is 13.6. The molecule has 0 saturated carbocycles. The van der Waals surface area contributed by atoms with Crippen molar-refractivity contribution in [2.24, 2.45) is 0 Å². The van der Waals surface area contributed by atoms with Crippen LogP contribution in [0.15, 0.2) is 60.4 Å². The van der Waals surface area contributed by atoms with E-state index in [4.69, 9.17) is 14.2 Å². The molecule has 7 nitrogen and oxygen atoms in total. The van der Waals surface area contributed by atoms with Gasteiger partial charge in [0, 0.05) is 5.56 Å². The standard InChI is InChI=1S/C30H39NO6/c1-4-7-8-9-10-11-12-15-23-18-20-24(21-19-23)29(33)31-25-16-13-14-17-26(25)37-27(30(34)36-6-3)22-28(32)35-5-2/h13-14,16-22H,4-12,15H2,1-3H3,(H,31,33)/b27-22-. The van der Waals surface area contributed by atoms with Crippen molar-refractivity contribution in [3.05, 3.63) is 71.5 Å². The number of carbonyl (C=O) groups is 3. The summed E-state index contributed by atoms with van der Waals surface area (Å²) in [5.74, 6) is -2.01. The summed E-state index contributed by atoms with van der Waals surface area (Å²) < 4.78 is 15.6. The van der Waals surface area contributed by atoms with Crippen LogP contribution in [0.3, 0.4) is 0 Å². The molecule has 0 atom stereocenters. The molecule has 0 aliphatic heterocycles. The number of ether oxygens (including phenoxy) is 3. The number of benzene rings is 2. The van der Waals surface area contributed by atoms with Gasteiger partial charge >= 0.3 is 11.9 Å². The molecule has 7 heteroatoms. The topological polar surface area (TPSA) is 90.9 Å². The molecule has 0 fully saturated rings. The average molecular weight is 510 g/mol. The summed E-state index contributed by atoms with van der Waals surface area (Å²) in [7, 11) is 0. The molecule has 0 saturated heterocycles. The Bertz CT molecular complexity index is 1030. The van der Waals surface area contributed by atoms with Crippen LogP contribution in [-0.2, 0) is 25.5 Å². The number of hydrogen-bond donors (Lipinski definition) is 1. The number of esters is 2. The van der Waals surface area contributed by atoms with Gasteiger partial charge in [-0.3, -0.25) is 4.79 Å². The zero-order valence-electron chi connectivity index (χ0n) is 22.2. The lowest BCUT2D eigenvalue weighted by Gasteiger charge is -2.14. The second-order valence-electron chi connectivity index (χ2n) is 8.60. The second kappa shape index (κ2) is 17.0.